The van der Waals surface area contributed by atoms with Gasteiger partial charge in [0, 0.05) is 16.5 Å². The van der Waals surface area contributed by atoms with Gasteiger partial charge in [-0.15, -0.1) is 0 Å². The van der Waals surface area contributed by atoms with Crippen molar-refractivity contribution in [2.45, 2.75) is 12.8 Å². The molecule has 0 bridgehead atoms. The zero-order valence-electron chi connectivity index (χ0n) is 6.94. The number of ketones is 1. The molecule has 1 rings (SSSR count). The fourth-order valence-electron chi connectivity index (χ4n) is 0.953. The van der Waals surface area contributed by atoms with Gasteiger partial charge in [-0.2, -0.15) is 0 Å². The highest BCUT2D eigenvalue weighted by Crippen LogP contribution is 2.25. The lowest BCUT2D eigenvalue weighted by Gasteiger charge is -2.05. The van der Waals surface area contributed by atoms with Gasteiger partial charge in [0.05, 0.1) is 0 Å². The van der Waals surface area contributed by atoms with E-state index in [4.69, 9.17) is 23.2 Å². The molecule has 0 aromatic heterocycles. The normalized spacial score (nSPS) is 10.6. The first-order chi connectivity index (χ1) is 6.52. The second-order valence-corrected chi connectivity index (χ2v) is 3.46. The van der Waals surface area contributed by atoms with Crippen molar-refractivity contribution in [2.75, 3.05) is 0 Å². The Bertz CT molecular complexity index is 332. The molecule has 1 aromatic rings. The molecule has 0 heterocycles. The SMILES string of the molecule is O=C(Cc1c(Cl)cccc1Cl)C(F)F. The maximum Gasteiger partial charge on any atom is 0.296 e. The van der Waals surface area contributed by atoms with Gasteiger partial charge in [0.15, 0.2) is 0 Å². The number of alkyl halides is 2. The summed E-state index contributed by atoms with van der Waals surface area (Å²) in [5.74, 6) is -1.18. The summed E-state index contributed by atoms with van der Waals surface area (Å²) in [5, 5.41) is 0.456. The van der Waals surface area contributed by atoms with Gasteiger partial charge in [-0.05, 0) is 17.7 Å². The van der Waals surface area contributed by atoms with Crippen LogP contribution in [-0.4, -0.2) is 12.2 Å². The Hall–Kier alpha value is -0.670. The molecule has 0 saturated heterocycles. The molecule has 0 aliphatic carbocycles. The van der Waals surface area contributed by atoms with Gasteiger partial charge in [-0.1, -0.05) is 29.3 Å². The Morgan fingerprint density at radius 2 is 1.79 bits per heavy atom. The summed E-state index contributed by atoms with van der Waals surface area (Å²) in [5.41, 5.74) is 0.251. The minimum Gasteiger partial charge on any atom is -0.293 e. The van der Waals surface area contributed by atoms with Crippen LogP contribution in [0.2, 0.25) is 10.0 Å². The molecule has 0 unspecified atom stereocenters. The summed E-state index contributed by atoms with van der Waals surface area (Å²) < 4.78 is 23.9. The fourth-order valence-corrected chi connectivity index (χ4v) is 1.48. The van der Waals surface area contributed by atoms with E-state index in [2.05, 4.69) is 0 Å². The molecule has 1 aromatic carbocycles. The zero-order chi connectivity index (χ0) is 10.7. The molecule has 0 spiro atoms. The lowest BCUT2D eigenvalue weighted by molar-refractivity contribution is -0.128. The van der Waals surface area contributed by atoms with Gasteiger partial charge in [-0.3, -0.25) is 4.79 Å². The van der Waals surface area contributed by atoms with Crippen LogP contribution in [0.1, 0.15) is 5.56 Å². The number of halogens is 4. The van der Waals surface area contributed by atoms with Gasteiger partial charge >= 0.3 is 0 Å². The average Bonchev–Trinajstić information content (AvgIpc) is 2.11. The highest BCUT2D eigenvalue weighted by atomic mass is 35.5. The molecular weight excluding hydrogens is 233 g/mol. The molecule has 0 N–H and O–H groups in total. The van der Waals surface area contributed by atoms with Crippen LogP contribution in [-0.2, 0) is 11.2 Å². The molecule has 0 saturated carbocycles. The third-order valence-electron chi connectivity index (χ3n) is 1.66. The maximum absolute atomic E-state index is 11.9. The molecule has 1 nitrogen and oxygen atoms in total. The first kappa shape index (κ1) is 11.4. The predicted molar refractivity (Wildman–Crippen MR) is 51.2 cm³/mol. The van der Waals surface area contributed by atoms with Gasteiger partial charge in [0.1, 0.15) is 0 Å². The van der Waals surface area contributed by atoms with E-state index < -0.39 is 18.6 Å². The standard InChI is InChI=1S/C9H6Cl2F2O/c10-6-2-1-3-7(11)5(6)4-8(14)9(12)13/h1-3,9H,4H2. The number of carbonyl (C=O) groups excluding carboxylic acids is 1. The lowest BCUT2D eigenvalue weighted by Crippen LogP contribution is -2.13. The summed E-state index contributed by atoms with van der Waals surface area (Å²) in [4.78, 5) is 10.7. The Balaban J connectivity index is 2.91. The second-order valence-electron chi connectivity index (χ2n) is 2.64. The number of Topliss-reactive ketones (excluding diaryl/α,β-unsaturated/α-hetero) is 1. The molecule has 0 atom stereocenters. The monoisotopic (exact) mass is 238 g/mol. The molecule has 0 radical (unpaired) electrons. The van der Waals surface area contributed by atoms with Crippen molar-refractivity contribution in [2.24, 2.45) is 0 Å². The highest BCUT2D eigenvalue weighted by Gasteiger charge is 2.18. The predicted octanol–water partition coefficient (Wildman–Crippen LogP) is 3.37. The van der Waals surface area contributed by atoms with E-state index in [0.29, 0.717) is 0 Å². The van der Waals surface area contributed by atoms with E-state index in [1.807, 2.05) is 0 Å². The van der Waals surface area contributed by atoms with Gasteiger partial charge in [-0.25, -0.2) is 8.78 Å². The average molecular weight is 239 g/mol. The van der Waals surface area contributed by atoms with Crippen molar-refractivity contribution in [1.29, 1.82) is 0 Å². The van der Waals surface area contributed by atoms with Crippen molar-refractivity contribution in [3.63, 3.8) is 0 Å². The third kappa shape index (κ3) is 2.66. The Kier molecular flexibility index (Phi) is 3.84. The van der Waals surface area contributed by atoms with Gasteiger partial charge in [0.25, 0.3) is 6.43 Å². The van der Waals surface area contributed by atoms with Crippen LogP contribution in [0.3, 0.4) is 0 Å². The van der Waals surface area contributed by atoms with Gasteiger partial charge < -0.3 is 0 Å². The topological polar surface area (TPSA) is 17.1 Å². The van der Waals surface area contributed by atoms with E-state index in [1.54, 1.807) is 6.07 Å². The smallest absolute Gasteiger partial charge is 0.293 e. The molecular formula is C9H6Cl2F2O. The third-order valence-corrected chi connectivity index (χ3v) is 2.36. The van der Waals surface area contributed by atoms with Crippen LogP contribution < -0.4 is 0 Å². The van der Waals surface area contributed by atoms with E-state index in [9.17, 15) is 13.6 Å². The highest BCUT2D eigenvalue weighted by molar-refractivity contribution is 6.36. The minimum absolute atomic E-state index is 0.228. The first-order valence-electron chi connectivity index (χ1n) is 3.76. The Morgan fingerprint density at radius 1 is 1.29 bits per heavy atom. The first-order valence-corrected chi connectivity index (χ1v) is 4.51. The number of rotatable bonds is 3. The van der Waals surface area contributed by atoms with Crippen LogP contribution in [0.15, 0.2) is 18.2 Å². The van der Waals surface area contributed by atoms with Crippen molar-refractivity contribution >= 4 is 29.0 Å². The second kappa shape index (κ2) is 4.71. The zero-order valence-corrected chi connectivity index (χ0v) is 8.45. The molecule has 0 fully saturated rings. The van der Waals surface area contributed by atoms with Crippen molar-refractivity contribution < 1.29 is 13.6 Å². The molecule has 0 amide bonds. The molecule has 76 valence electrons. The van der Waals surface area contributed by atoms with E-state index in [1.165, 1.54) is 12.1 Å². The molecule has 0 aliphatic rings. The number of carbonyl (C=O) groups is 1. The number of hydrogen-bond acceptors (Lipinski definition) is 1. The fraction of sp³-hybridized carbons (Fsp3) is 0.222. The maximum atomic E-state index is 11.9. The Labute approximate surface area is 89.6 Å². The van der Waals surface area contributed by atoms with Crippen molar-refractivity contribution in [3.05, 3.63) is 33.8 Å². The quantitative estimate of drug-likeness (QED) is 0.790. The van der Waals surface area contributed by atoms with Crippen molar-refractivity contribution in [3.8, 4) is 0 Å². The molecule has 5 heteroatoms. The number of benzene rings is 1. The lowest BCUT2D eigenvalue weighted by atomic mass is 10.1. The summed E-state index contributed by atoms with van der Waals surface area (Å²) in [6, 6.07) is 4.59. The molecule has 14 heavy (non-hydrogen) atoms. The summed E-state index contributed by atoms with van der Waals surface area (Å²) in [6.07, 6.45) is -3.42. The van der Waals surface area contributed by atoms with Crippen LogP contribution in [0.5, 0.6) is 0 Å². The van der Waals surface area contributed by atoms with Crippen LogP contribution in [0, 0.1) is 0 Å². The van der Waals surface area contributed by atoms with E-state index in [0.717, 1.165) is 0 Å². The summed E-state index contributed by atoms with van der Waals surface area (Å²) in [6.45, 7) is 0. The van der Waals surface area contributed by atoms with E-state index >= 15 is 0 Å². The van der Waals surface area contributed by atoms with E-state index in [-0.39, 0.29) is 15.6 Å². The van der Waals surface area contributed by atoms with Gasteiger partial charge in [0.2, 0.25) is 5.78 Å². The Morgan fingerprint density at radius 3 is 2.21 bits per heavy atom. The molecule has 0 aliphatic heterocycles. The summed E-state index contributed by atoms with van der Waals surface area (Å²) >= 11 is 11.4. The summed E-state index contributed by atoms with van der Waals surface area (Å²) in [7, 11) is 0. The van der Waals surface area contributed by atoms with Crippen LogP contribution in [0.25, 0.3) is 0 Å². The van der Waals surface area contributed by atoms with Crippen LogP contribution >= 0.6 is 23.2 Å². The van der Waals surface area contributed by atoms with Crippen molar-refractivity contribution in [1.82, 2.24) is 0 Å². The number of hydrogen-bond donors (Lipinski definition) is 0. The minimum atomic E-state index is -2.98. The largest absolute Gasteiger partial charge is 0.296 e. The van der Waals surface area contributed by atoms with Crippen LogP contribution in [0.4, 0.5) is 8.78 Å².